The molecule has 1 N–H and O–H groups in total. The Hall–Kier alpha value is -3.16. The van der Waals surface area contributed by atoms with Crippen LogP contribution in [0.25, 0.3) is 11.0 Å². The number of nitrogens with one attached hydrogen (secondary N) is 1. The van der Waals surface area contributed by atoms with Crippen LogP contribution in [0, 0.1) is 5.92 Å². The zero-order valence-electron chi connectivity index (χ0n) is 17.1. The van der Waals surface area contributed by atoms with Gasteiger partial charge in [-0.2, -0.15) is 0 Å². The van der Waals surface area contributed by atoms with Gasteiger partial charge in [0.05, 0.1) is 24.2 Å². The number of halogens is 1. The van der Waals surface area contributed by atoms with Crippen LogP contribution >= 0.6 is 11.6 Å². The molecule has 1 aliphatic rings. The van der Waals surface area contributed by atoms with E-state index in [9.17, 15) is 0 Å². The van der Waals surface area contributed by atoms with Crippen LogP contribution in [0.4, 0.5) is 5.95 Å². The van der Waals surface area contributed by atoms with Crippen molar-refractivity contribution < 1.29 is 9.47 Å². The van der Waals surface area contributed by atoms with Crippen molar-refractivity contribution in [3.63, 3.8) is 0 Å². The summed E-state index contributed by atoms with van der Waals surface area (Å²) in [7, 11) is 2.04. The number of anilines is 1. The normalized spacial score (nSPS) is 13.9. The number of nitrogens with zero attached hydrogens (tertiary/aromatic N) is 4. The smallest absolute Gasteiger partial charge is 0.223 e. The fraction of sp³-hybridized carbons (Fsp3) is 0.261. The van der Waals surface area contributed by atoms with Crippen molar-refractivity contribution in [3.8, 4) is 11.6 Å². The maximum absolute atomic E-state index is 5.87. The summed E-state index contributed by atoms with van der Waals surface area (Å²) in [6.45, 7) is 2.39. The van der Waals surface area contributed by atoms with E-state index in [0.717, 1.165) is 42.2 Å². The average Bonchev–Trinajstić information content (AvgIpc) is 3.05. The summed E-state index contributed by atoms with van der Waals surface area (Å²) < 4.78 is 13.1. The first-order valence-electron chi connectivity index (χ1n) is 10.2. The van der Waals surface area contributed by atoms with E-state index in [4.69, 9.17) is 26.1 Å². The van der Waals surface area contributed by atoms with E-state index in [1.54, 1.807) is 6.07 Å². The van der Waals surface area contributed by atoms with Gasteiger partial charge in [0, 0.05) is 25.6 Å². The van der Waals surface area contributed by atoms with Crippen LogP contribution in [-0.4, -0.2) is 32.7 Å². The molecule has 5 rings (SSSR count). The number of aromatic nitrogens is 4. The number of ether oxygens (including phenoxy) is 2. The van der Waals surface area contributed by atoms with Crippen molar-refractivity contribution in [2.45, 2.75) is 13.0 Å². The van der Waals surface area contributed by atoms with Gasteiger partial charge in [0.1, 0.15) is 17.2 Å². The second-order valence-electron chi connectivity index (χ2n) is 7.70. The number of rotatable bonds is 7. The Labute approximate surface area is 185 Å². The Morgan fingerprint density at radius 2 is 1.90 bits per heavy atom. The lowest BCUT2D eigenvalue weighted by atomic mass is 9.98. The van der Waals surface area contributed by atoms with Crippen LogP contribution < -0.4 is 10.1 Å². The molecule has 2 aromatic carbocycles. The molecule has 158 valence electrons. The van der Waals surface area contributed by atoms with Gasteiger partial charge in [-0.1, -0.05) is 29.8 Å². The molecule has 0 aliphatic carbocycles. The van der Waals surface area contributed by atoms with E-state index >= 15 is 0 Å². The maximum atomic E-state index is 5.87. The Balaban J connectivity index is 1.24. The third-order valence-corrected chi connectivity index (χ3v) is 5.59. The van der Waals surface area contributed by atoms with E-state index in [2.05, 4.69) is 38.1 Å². The lowest BCUT2D eigenvalue weighted by Gasteiger charge is -2.25. The van der Waals surface area contributed by atoms with Crippen molar-refractivity contribution in [3.05, 3.63) is 71.1 Å². The highest BCUT2D eigenvalue weighted by Gasteiger charge is 2.19. The molecule has 2 aromatic heterocycles. The van der Waals surface area contributed by atoms with Crippen LogP contribution in [0.2, 0.25) is 5.15 Å². The molecule has 0 amide bonds. The number of imidazole rings is 1. The SMILES string of the molecule is Cn1c(NCc2ccc(Oc3cc(Cl)ncn3)cc2)nc2ccc(CC3COC3)cc21. The third kappa shape index (κ3) is 4.47. The van der Waals surface area contributed by atoms with Crippen molar-refractivity contribution in [2.24, 2.45) is 13.0 Å². The van der Waals surface area contributed by atoms with Crippen LogP contribution in [0.1, 0.15) is 11.1 Å². The monoisotopic (exact) mass is 435 g/mol. The van der Waals surface area contributed by atoms with Gasteiger partial charge in [0.2, 0.25) is 11.8 Å². The zero-order valence-corrected chi connectivity index (χ0v) is 17.8. The van der Waals surface area contributed by atoms with Gasteiger partial charge in [0.15, 0.2) is 0 Å². The summed E-state index contributed by atoms with van der Waals surface area (Å²) in [4.78, 5) is 12.6. The number of aryl methyl sites for hydroxylation is 1. The van der Waals surface area contributed by atoms with Crippen LogP contribution in [0.15, 0.2) is 54.9 Å². The molecule has 31 heavy (non-hydrogen) atoms. The van der Waals surface area contributed by atoms with Crippen molar-refractivity contribution >= 4 is 28.6 Å². The largest absolute Gasteiger partial charge is 0.439 e. The molecular formula is C23H22ClN5O2. The molecule has 0 atom stereocenters. The van der Waals surface area contributed by atoms with E-state index in [-0.39, 0.29) is 0 Å². The summed E-state index contributed by atoms with van der Waals surface area (Å²) in [6, 6.07) is 15.9. The molecule has 7 nitrogen and oxygen atoms in total. The molecule has 8 heteroatoms. The van der Waals surface area contributed by atoms with E-state index < -0.39 is 0 Å². The topological polar surface area (TPSA) is 74.1 Å². The summed E-state index contributed by atoms with van der Waals surface area (Å²) in [5.41, 5.74) is 4.57. The van der Waals surface area contributed by atoms with Crippen LogP contribution in [0.5, 0.6) is 11.6 Å². The second kappa shape index (κ2) is 8.53. The van der Waals surface area contributed by atoms with E-state index in [1.165, 1.54) is 11.9 Å². The van der Waals surface area contributed by atoms with Crippen LogP contribution in [0.3, 0.4) is 0 Å². The van der Waals surface area contributed by atoms with Gasteiger partial charge in [-0.15, -0.1) is 0 Å². The number of hydrogen-bond acceptors (Lipinski definition) is 6. The van der Waals surface area contributed by atoms with Gasteiger partial charge in [-0.3, -0.25) is 0 Å². The minimum absolute atomic E-state index is 0.345. The summed E-state index contributed by atoms with van der Waals surface area (Å²) in [5, 5.41) is 3.78. The summed E-state index contributed by atoms with van der Waals surface area (Å²) in [5.74, 6) is 2.58. The third-order valence-electron chi connectivity index (χ3n) is 5.38. The highest BCUT2D eigenvalue weighted by Crippen LogP contribution is 2.24. The predicted octanol–water partition coefficient (Wildman–Crippen LogP) is 4.61. The molecule has 4 aromatic rings. The number of benzene rings is 2. The number of fused-ring (bicyclic) bond motifs is 1. The standard InChI is InChI=1S/C23H22ClN5O2/c1-29-20-9-16(8-17-12-30-13-17)4-7-19(20)28-23(29)25-11-15-2-5-18(6-3-15)31-22-10-21(24)26-14-27-22/h2-7,9-10,14,17H,8,11-13H2,1H3,(H,25,28). The quantitative estimate of drug-likeness (QED) is 0.427. The number of hydrogen-bond donors (Lipinski definition) is 1. The van der Waals surface area contributed by atoms with Crippen molar-refractivity contribution in [1.29, 1.82) is 0 Å². The molecule has 3 heterocycles. The van der Waals surface area contributed by atoms with Gasteiger partial charge in [0.25, 0.3) is 0 Å². The first-order valence-corrected chi connectivity index (χ1v) is 10.5. The molecule has 1 fully saturated rings. The van der Waals surface area contributed by atoms with Crippen molar-refractivity contribution in [2.75, 3.05) is 18.5 Å². The Kier molecular flexibility index (Phi) is 5.44. The van der Waals surface area contributed by atoms with Crippen LogP contribution in [-0.2, 0) is 24.8 Å². The molecule has 0 bridgehead atoms. The molecular weight excluding hydrogens is 414 g/mol. The predicted molar refractivity (Wildman–Crippen MR) is 120 cm³/mol. The first kappa shape index (κ1) is 19.8. The Morgan fingerprint density at radius 1 is 1.10 bits per heavy atom. The second-order valence-corrected chi connectivity index (χ2v) is 8.09. The average molecular weight is 436 g/mol. The molecule has 0 spiro atoms. The molecule has 0 radical (unpaired) electrons. The Bertz CT molecular complexity index is 1200. The van der Waals surface area contributed by atoms with E-state index in [1.807, 2.05) is 31.3 Å². The summed E-state index contributed by atoms with van der Waals surface area (Å²) in [6.07, 6.45) is 2.43. The van der Waals surface area contributed by atoms with Gasteiger partial charge in [-0.25, -0.2) is 15.0 Å². The zero-order chi connectivity index (χ0) is 21.2. The van der Waals surface area contributed by atoms with Crippen molar-refractivity contribution in [1.82, 2.24) is 19.5 Å². The minimum Gasteiger partial charge on any atom is -0.439 e. The first-order chi connectivity index (χ1) is 15.1. The lowest BCUT2D eigenvalue weighted by Crippen LogP contribution is -2.29. The fourth-order valence-corrected chi connectivity index (χ4v) is 3.74. The van der Waals surface area contributed by atoms with E-state index in [0.29, 0.717) is 29.2 Å². The highest BCUT2D eigenvalue weighted by molar-refractivity contribution is 6.29. The van der Waals surface area contributed by atoms with Gasteiger partial charge < -0.3 is 19.4 Å². The molecule has 0 saturated carbocycles. The lowest BCUT2D eigenvalue weighted by molar-refractivity contribution is -0.0312. The van der Waals surface area contributed by atoms with Gasteiger partial charge >= 0.3 is 0 Å². The summed E-state index contributed by atoms with van der Waals surface area (Å²) >= 11 is 5.87. The highest BCUT2D eigenvalue weighted by atomic mass is 35.5. The Morgan fingerprint density at radius 3 is 2.65 bits per heavy atom. The maximum Gasteiger partial charge on any atom is 0.223 e. The van der Waals surface area contributed by atoms with Gasteiger partial charge in [-0.05, 0) is 41.8 Å². The molecule has 1 saturated heterocycles. The minimum atomic E-state index is 0.345. The molecule has 0 unspecified atom stereocenters. The molecule has 1 aliphatic heterocycles. The fourth-order valence-electron chi connectivity index (χ4n) is 3.61.